The molecule has 0 saturated heterocycles. The number of benzene rings is 1. The van der Waals surface area contributed by atoms with Crippen LogP contribution in [-0.4, -0.2) is 30.4 Å². The maximum absolute atomic E-state index is 11.6. The van der Waals surface area contributed by atoms with Crippen molar-refractivity contribution in [1.29, 1.82) is 0 Å². The molecular formula is C13H14Cl2N2O4. The van der Waals surface area contributed by atoms with Gasteiger partial charge in [-0.2, -0.15) is 0 Å². The molecule has 2 amide bonds. The highest BCUT2D eigenvalue weighted by molar-refractivity contribution is 6.36. The van der Waals surface area contributed by atoms with Gasteiger partial charge in [0.15, 0.2) is 6.61 Å². The summed E-state index contributed by atoms with van der Waals surface area (Å²) in [6.07, 6.45) is 0.0413. The average Bonchev–Trinajstić information content (AvgIpc) is 2.39. The number of nitrogens with one attached hydrogen (secondary N) is 1. The number of primary amides is 1. The number of rotatable bonds is 6. The Kier molecular flexibility index (Phi) is 6.45. The molecule has 6 nitrogen and oxygen atoms in total. The van der Waals surface area contributed by atoms with Crippen molar-refractivity contribution in [2.75, 3.05) is 6.61 Å². The minimum Gasteiger partial charge on any atom is -0.456 e. The third-order valence-electron chi connectivity index (χ3n) is 2.56. The molecule has 1 aromatic carbocycles. The zero-order chi connectivity index (χ0) is 16.0. The first-order valence-electron chi connectivity index (χ1n) is 5.96. The van der Waals surface area contributed by atoms with E-state index in [9.17, 15) is 14.4 Å². The predicted molar refractivity (Wildman–Crippen MR) is 77.9 cm³/mol. The van der Waals surface area contributed by atoms with Crippen LogP contribution in [0.5, 0.6) is 0 Å². The second-order valence-electron chi connectivity index (χ2n) is 4.21. The van der Waals surface area contributed by atoms with Gasteiger partial charge in [-0.1, -0.05) is 29.3 Å². The second kappa shape index (κ2) is 7.85. The molecule has 0 unspecified atom stereocenters. The van der Waals surface area contributed by atoms with Gasteiger partial charge in [0.05, 0.1) is 0 Å². The summed E-state index contributed by atoms with van der Waals surface area (Å²) < 4.78 is 4.53. The maximum atomic E-state index is 11.6. The third kappa shape index (κ3) is 5.61. The summed E-state index contributed by atoms with van der Waals surface area (Å²) >= 11 is 12.0. The molecule has 0 fully saturated rings. The van der Waals surface area contributed by atoms with Gasteiger partial charge < -0.3 is 15.8 Å². The Labute approximate surface area is 131 Å². The molecule has 0 aliphatic rings. The van der Waals surface area contributed by atoms with E-state index in [1.165, 1.54) is 6.92 Å². The minimum absolute atomic E-state index is 0.0413. The van der Waals surface area contributed by atoms with E-state index in [0.29, 0.717) is 15.6 Å². The highest BCUT2D eigenvalue weighted by Gasteiger charge is 2.21. The van der Waals surface area contributed by atoms with E-state index in [1.807, 2.05) is 0 Å². The first kappa shape index (κ1) is 17.3. The van der Waals surface area contributed by atoms with Crippen LogP contribution in [0, 0.1) is 0 Å². The Morgan fingerprint density at radius 3 is 2.33 bits per heavy atom. The van der Waals surface area contributed by atoms with Crippen LogP contribution in [0.2, 0.25) is 10.0 Å². The van der Waals surface area contributed by atoms with Crippen LogP contribution in [0.25, 0.3) is 0 Å². The molecule has 0 aromatic heterocycles. The van der Waals surface area contributed by atoms with Crippen LogP contribution in [0.4, 0.5) is 0 Å². The molecule has 3 N–H and O–H groups in total. The first-order chi connectivity index (χ1) is 9.81. The van der Waals surface area contributed by atoms with Crippen LogP contribution >= 0.6 is 23.2 Å². The fraction of sp³-hybridized carbons (Fsp3) is 0.308. The van der Waals surface area contributed by atoms with Crippen molar-refractivity contribution in [1.82, 2.24) is 5.32 Å². The van der Waals surface area contributed by atoms with Crippen molar-refractivity contribution in [2.45, 2.75) is 19.4 Å². The molecule has 1 atom stereocenters. The molecular weight excluding hydrogens is 319 g/mol. The van der Waals surface area contributed by atoms with Gasteiger partial charge in [-0.3, -0.25) is 14.4 Å². The zero-order valence-corrected chi connectivity index (χ0v) is 12.7. The quantitative estimate of drug-likeness (QED) is 0.761. The van der Waals surface area contributed by atoms with E-state index in [1.54, 1.807) is 18.2 Å². The van der Waals surface area contributed by atoms with Crippen molar-refractivity contribution in [2.24, 2.45) is 5.73 Å². The number of amides is 2. The van der Waals surface area contributed by atoms with Crippen LogP contribution in [0.15, 0.2) is 18.2 Å². The van der Waals surface area contributed by atoms with E-state index < -0.39 is 30.4 Å². The van der Waals surface area contributed by atoms with Crippen LogP contribution in [0.3, 0.4) is 0 Å². The highest BCUT2D eigenvalue weighted by atomic mass is 35.5. The van der Waals surface area contributed by atoms with Crippen molar-refractivity contribution < 1.29 is 19.1 Å². The molecule has 0 aliphatic heterocycles. The summed E-state index contributed by atoms with van der Waals surface area (Å²) in [5.74, 6) is -1.99. The zero-order valence-electron chi connectivity index (χ0n) is 11.2. The van der Waals surface area contributed by atoms with Crippen molar-refractivity contribution >= 4 is 41.0 Å². The van der Waals surface area contributed by atoms with Crippen molar-refractivity contribution in [3.8, 4) is 0 Å². The highest BCUT2D eigenvalue weighted by Crippen LogP contribution is 2.25. The van der Waals surface area contributed by atoms with Gasteiger partial charge in [0.25, 0.3) is 5.91 Å². The molecule has 0 spiro atoms. The molecule has 21 heavy (non-hydrogen) atoms. The lowest BCUT2D eigenvalue weighted by molar-refractivity contribution is -0.146. The maximum Gasteiger partial charge on any atom is 0.303 e. The normalized spacial score (nSPS) is 11.6. The topological polar surface area (TPSA) is 98.5 Å². The number of hydrogen-bond acceptors (Lipinski definition) is 4. The number of nitrogens with two attached hydrogens (primary N) is 1. The molecule has 0 radical (unpaired) electrons. The summed E-state index contributed by atoms with van der Waals surface area (Å²) in [4.78, 5) is 33.6. The number of halogens is 2. The lowest BCUT2D eigenvalue weighted by Crippen LogP contribution is -2.47. The number of ether oxygens (including phenoxy) is 1. The number of carbonyl (C=O) groups is 3. The Morgan fingerprint density at radius 1 is 1.29 bits per heavy atom. The first-order valence-corrected chi connectivity index (χ1v) is 6.71. The van der Waals surface area contributed by atoms with E-state index in [4.69, 9.17) is 28.9 Å². The van der Waals surface area contributed by atoms with Crippen molar-refractivity contribution in [3.63, 3.8) is 0 Å². The van der Waals surface area contributed by atoms with E-state index >= 15 is 0 Å². The van der Waals surface area contributed by atoms with Crippen LogP contribution in [0.1, 0.15) is 12.5 Å². The standard InChI is InChI=1S/C13H14Cl2N2O4/c1-7(18)21-6-12(19)17-11(13(16)20)5-8-9(14)3-2-4-10(8)15/h2-4,11H,5-6H2,1H3,(H2,16,20)(H,17,19)/t11-/m0/s1. The number of carbonyl (C=O) groups excluding carboxylic acids is 3. The fourth-order valence-corrected chi connectivity index (χ4v) is 2.11. The lowest BCUT2D eigenvalue weighted by atomic mass is 10.1. The molecule has 1 rings (SSSR count). The van der Waals surface area contributed by atoms with Gasteiger partial charge in [-0.15, -0.1) is 0 Å². The third-order valence-corrected chi connectivity index (χ3v) is 3.26. The summed E-state index contributed by atoms with van der Waals surface area (Å²) in [6, 6.07) is 3.88. The Bertz CT molecular complexity index is 543. The average molecular weight is 333 g/mol. The number of esters is 1. The van der Waals surface area contributed by atoms with Gasteiger partial charge >= 0.3 is 5.97 Å². The summed E-state index contributed by atoms with van der Waals surface area (Å²) in [7, 11) is 0. The molecule has 1 aromatic rings. The van der Waals surface area contributed by atoms with Crippen LogP contribution in [-0.2, 0) is 25.5 Å². The number of hydrogen-bond donors (Lipinski definition) is 2. The Morgan fingerprint density at radius 2 is 1.86 bits per heavy atom. The van der Waals surface area contributed by atoms with Gasteiger partial charge in [0.1, 0.15) is 6.04 Å². The summed E-state index contributed by atoms with van der Waals surface area (Å²) in [5, 5.41) is 3.09. The van der Waals surface area contributed by atoms with E-state index in [0.717, 1.165) is 0 Å². The smallest absolute Gasteiger partial charge is 0.303 e. The molecule has 0 heterocycles. The monoisotopic (exact) mass is 332 g/mol. The van der Waals surface area contributed by atoms with Gasteiger partial charge in [-0.05, 0) is 17.7 Å². The second-order valence-corrected chi connectivity index (χ2v) is 5.02. The van der Waals surface area contributed by atoms with Gasteiger partial charge in [-0.25, -0.2) is 0 Å². The van der Waals surface area contributed by atoms with Crippen LogP contribution < -0.4 is 11.1 Å². The van der Waals surface area contributed by atoms with E-state index in [2.05, 4.69) is 10.1 Å². The molecule has 8 heteroatoms. The van der Waals surface area contributed by atoms with E-state index in [-0.39, 0.29) is 6.42 Å². The largest absolute Gasteiger partial charge is 0.456 e. The SMILES string of the molecule is CC(=O)OCC(=O)N[C@@H](Cc1c(Cl)cccc1Cl)C(N)=O. The molecule has 114 valence electrons. The molecule has 0 bridgehead atoms. The molecule has 0 saturated carbocycles. The van der Waals surface area contributed by atoms with Crippen molar-refractivity contribution in [3.05, 3.63) is 33.8 Å². The summed E-state index contributed by atoms with van der Waals surface area (Å²) in [5.41, 5.74) is 5.74. The fourth-order valence-electron chi connectivity index (χ4n) is 1.56. The lowest BCUT2D eigenvalue weighted by Gasteiger charge is -2.17. The van der Waals surface area contributed by atoms with Gasteiger partial charge in [0, 0.05) is 23.4 Å². The minimum atomic E-state index is -1.01. The molecule has 0 aliphatic carbocycles. The Hall–Kier alpha value is -1.79. The summed E-state index contributed by atoms with van der Waals surface area (Å²) in [6.45, 7) is 0.678. The Balaban J connectivity index is 2.77. The van der Waals surface area contributed by atoms with Gasteiger partial charge in [0.2, 0.25) is 5.91 Å². The predicted octanol–water partition coefficient (Wildman–Crippen LogP) is 1.07.